The predicted molar refractivity (Wildman–Crippen MR) is 93.6 cm³/mol. The number of halogens is 1. The molecule has 3 aromatic rings. The molecule has 0 atom stereocenters. The van der Waals surface area contributed by atoms with Gasteiger partial charge in [0.25, 0.3) is 0 Å². The average Bonchev–Trinajstić information content (AvgIpc) is 3.01. The minimum atomic E-state index is -0.871. The number of imidazole rings is 1. The van der Waals surface area contributed by atoms with Crippen LogP contribution in [0, 0.1) is 0 Å². The van der Waals surface area contributed by atoms with Crippen LogP contribution in [0.4, 0.5) is 4.79 Å². The van der Waals surface area contributed by atoms with E-state index in [1.54, 1.807) is 18.5 Å². The Balaban J connectivity index is 1.80. The first-order valence-corrected chi connectivity index (χ1v) is 8.44. The summed E-state index contributed by atoms with van der Waals surface area (Å²) in [5.41, 5.74) is 2.23. The number of hydrogen-bond donors (Lipinski definition) is 1. The highest BCUT2D eigenvalue weighted by Crippen LogP contribution is 2.32. The number of likely N-dealkylation sites (tertiary alicyclic amines) is 1. The highest BCUT2D eigenvalue weighted by Gasteiger charge is 2.27. The number of pyridine rings is 2. The first kappa shape index (κ1) is 15.8. The lowest BCUT2D eigenvalue weighted by Gasteiger charge is -2.31. The Morgan fingerprint density at radius 2 is 2.04 bits per heavy atom. The van der Waals surface area contributed by atoms with E-state index in [0.29, 0.717) is 36.5 Å². The molecule has 0 bridgehead atoms. The average molecular weight is 358 g/mol. The summed E-state index contributed by atoms with van der Waals surface area (Å²) in [6, 6.07) is 7.59. The van der Waals surface area contributed by atoms with E-state index >= 15 is 0 Å². The number of nitrogens with zero attached hydrogens (tertiary/aromatic N) is 5. The summed E-state index contributed by atoms with van der Waals surface area (Å²) < 4.78 is 2.08. The molecular formula is C17H16ClN5O2. The van der Waals surface area contributed by atoms with E-state index in [4.69, 9.17) is 21.7 Å². The standard InChI is InChI=1S/C17H16ClN5O2/c18-11-9-14-15(20-10-11)23(12-4-7-22(8-5-12)17(24)25)16(21-14)13-3-1-2-6-19-13/h1-3,6,9-10,12H,4-5,7-8H2,(H,24,25). The number of aromatic nitrogens is 4. The van der Waals surface area contributed by atoms with Crippen molar-refractivity contribution < 1.29 is 9.90 Å². The van der Waals surface area contributed by atoms with Gasteiger partial charge in [-0.15, -0.1) is 0 Å². The number of piperidine rings is 1. The molecule has 1 aliphatic rings. The second kappa shape index (κ2) is 6.33. The lowest BCUT2D eigenvalue weighted by atomic mass is 10.0. The van der Waals surface area contributed by atoms with Crippen LogP contribution in [0.5, 0.6) is 0 Å². The molecule has 1 fully saturated rings. The van der Waals surface area contributed by atoms with Gasteiger partial charge >= 0.3 is 6.09 Å². The van der Waals surface area contributed by atoms with Crippen LogP contribution in [0.3, 0.4) is 0 Å². The molecule has 0 saturated carbocycles. The van der Waals surface area contributed by atoms with Gasteiger partial charge < -0.3 is 14.6 Å². The molecule has 0 spiro atoms. The van der Waals surface area contributed by atoms with Crippen LogP contribution in [-0.2, 0) is 0 Å². The van der Waals surface area contributed by atoms with Gasteiger partial charge in [-0.3, -0.25) is 4.98 Å². The third-order valence-corrected chi connectivity index (χ3v) is 4.70. The van der Waals surface area contributed by atoms with Crippen LogP contribution in [-0.4, -0.2) is 48.7 Å². The van der Waals surface area contributed by atoms with Crippen molar-refractivity contribution in [3.8, 4) is 11.5 Å². The molecule has 4 rings (SSSR count). The van der Waals surface area contributed by atoms with Gasteiger partial charge in [-0.05, 0) is 31.0 Å². The maximum absolute atomic E-state index is 11.2. The highest BCUT2D eigenvalue weighted by atomic mass is 35.5. The van der Waals surface area contributed by atoms with Gasteiger partial charge in [0.2, 0.25) is 0 Å². The Morgan fingerprint density at radius 1 is 1.24 bits per heavy atom. The Morgan fingerprint density at radius 3 is 2.72 bits per heavy atom. The fraction of sp³-hybridized carbons (Fsp3) is 0.294. The van der Waals surface area contributed by atoms with Gasteiger partial charge in [-0.2, -0.15) is 0 Å². The van der Waals surface area contributed by atoms with Gasteiger partial charge in [0, 0.05) is 31.5 Å². The van der Waals surface area contributed by atoms with Crippen LogP contribution in [0.15, 0.2) is 36.7 Å². The number of carbonyl (C=O) groups is 1. The van der Waals surface area contributed by atoms with Gasteiger partial charge in [-0.1, -0.05) is 17.7 Å². The quantitative estimate of drug-likeness (QED) is 0.759. The molecule has 128 valence electrons. The SMILES string of the molecule is O=C(O)N1CCC(n2c(-c3ccccn3)nc3cc(Cl)cnc32)CC1. The lowest BCUT2D eigenvalue weighted by Crippen LogP contribution is -2.38. The van der Waals surface area contributed by atoms with Gasteiger partial charge in [0.05, 0.1) is 5.02 Å². The number of fused-ring (bicyclic) bond motifs is 1. The Labute approximate surface area is 148 Å². The van der Waals surface area contributed by atoms with E-state index in [-0.39, 0.29) is 6.04 Å². The molecule has 25 heavy (non-hydrogen) atoms. The number of carboxylic acid groups (broad SMARTS) is 1. The van der Waals surface area contributed by atoms with Gasteiger partial charge in [0.15, 0.2) is 11.5 Å². The second-order valence-electron chi connectivity index (χ2n) is 6.02. The Kier molecular flexibility index (Phi) is 4.01. The summed E-state index contributed by atoms with van der Waals surface area (Å²) in [4.78, 5) is 26.2. The molecule has 0 aromatic carbocycles. The maximum Gasteiger partial charge on any atom is 0.407 e. The number of amides is 1. The smallest absolute Gasteiger partial charge is 0.407 e. The molecule has 1 saturated heterocycles. The van der Waals surface area contributed by atoms with Crippen molar-refractivity contribution in [3.05, 3.63) is 41.7 Å². The van der Waals surface area contributed by atoms with Crippen molar-refractivity contribution in [1.82, 2.24) is 24.4 Å². The summed E-state index contributed by atoms with van der Waals surface area (Å²) in [5, 5.41) is 9.69. The van der Waals surface area contributed by atoms with E-state index in [2.05, 4.69) is 14.5 Å². The zero-order chi connectivity index (χ0) is 17.4. The normalized spacial score (nSPS) is 15.6. The van der Waals surface area contributed by atoms with Crippen molar-refractivity contribution in [2.45, 2.75) is 18.9 Å². The van der Waals surface area contributed by atoms with Crippen LogP contribution in [0.2, 0.25) is 5.02 Å². The summed E-state index contributed by atoms with van der Waals surface area (Å²) in [6.07, 6.45) is 3.89. The largest absolute Gasteiger partial charge is 0.465 e. The van der Waals surface area contributed by atoms with Crippen molar-refractivity contribution in [2.24, 2.45) is 0 Å². The summed E-state index contributed by atoms with van der Waals surface area (Å²) >= 11 is 6.07. The predicted octanol–water partition coefficient (Wildman–Crippen LogP) is 3.46. The van der Waals surface area contributed by atoms with E-state index in [1.165, 1.54) is 4.90 Å². The van der Waals surface area contributed by atoms with Crippen molar-refractivity contribution in [2.75, 3.05) is 13.1 Å². The minimum Gasteiger partial charge on any atom is -0.465 e. The van der Waals surface area contributed by atoms with Crippen molar-refractivity contribution >= 4 is 28.9 Å². The third kappa shape index (κ3) is 2.91. The molecule has 3 aromatic heterocycles. The van der Waals surface area contributed by atoms with E-state index in [0.717, 1.165) is 17.2 Å². The van der Waals surface area contributed by atoms with Crippen LogP contribution < -0.4 is 0 Å². The van der Waals surface area contributed by atoms with E-state index in [1.807, 2.05) is 18.2 Å². The fourth-order valence-corrected chi connectivity index (χ4v) is 3.45. The summed E-state index contributed by atoms with van der Waals surface area (Å²) in [6.45, 7) is 0.990. The third-order valence-electron chi connectivity index (χ3n) is 4.49. The van der Waals surface area contributed by atoms with E-state index in [9.17, 15) is 4.79 Å². The van der Waals surface area contributed by atoms with Gasteiger partial charge in [0.1, 0.15) is 11.2 Å². The monoisotopic (exact) mass is 357 g/mol. The highest BCUT2D eigenvalue weighted by molar-refractivity contribution is 6.31. The molecule has 0 aliphatic carbocycles. The Hall–Kier alpha value is -2.67. The van der Waals surface area contributed by atoms with Crippen molar-refractivity contribution in [1.29, 1.82) is 0 Å². The summed E-state index contributed by atoms with van der Waals surface area (Å²) in [5.74, 6) is 0.735. The molecule has 0 radical (unpaired) electrons. The minimum absolute atomic E-state index is 0.117. The fourth-order valence-electron chi connectivity index (χ4n) is 3.29. The number of rotatable bonds is 2. The topological polar surface area (TPSA) is 84.1 Å². The van der Waals surface area contributed by atoms with Crippen LogP contribution >= 0.6 is 11.6 Å². The lowest BCUT2D eigenvalue weighted by molar-refractivity contribution is 0.126. The first-order valence-electron chi connectivity index (χ1n) is 8.06. The zero-order valence-corrected chi connectivity index (χ0v) is 14.1. The summed E-state index contributed by atoms with van der Waals surface area (Å²) in [7, 11) is 0. The van der Waals surface area contributed by atoms with Crippen LogP contribution in [0.1, 0.15) is 18.9 Å². The Bertz CT molecular complexity index is 919. The van der Waals surface area contributed by atoms with Crippen LogP contribution in [0.25, 0.3) is 22.7 Å². The molecule has 7 nitrogen and oxygen atoms in total. The molecule has 8 heteroatoms. The molecule has 4 heterocycles. The zero-order valence-electron chi connectivity index (χ0n) is 13.3. The van der Waals surface area contributed by atoms with Crippen molar-refractivity contribution in [3.63, 3.8) is 0 Å². The molecular weight excluding hydrogens is 342 g/mol. The number of hydrogen-bond acceptors (Lipinski definition) is 4. The molecule has 1 amide bonds. The molecule has 1 aliphatic heterocycles. The van der Waals surface area contributed by atoms with Gasteiger partial charge in [-0.25, -0.2) is 14.8 Å². The maximum atomic E-state index is 11.2. The molecule has 0 unspecified atom stereocenters. The molecule has 1 N–H and O–H groups in total. The van der Waals surface area contributed by atoms with E-state index < -0.39 is 6.09 Å². The second-order valence-corrected chi connectivity index (χ2v) is 6.45. The first-order chi connectivity index (χ1) is 12.1.